The lowest BCUT2D eigenvalue weighted by atomic mass is 10.1. The van der Waals surface area contributed by atoms with Crippen molar-refractivity contribution < 1.29 is 22.7 Å². The maximum atomic E-state index is 13.0. The number of amides is 1. The van der Waals surface area contributed by atoms with Gasteiger partial charge in [-0.3, -0.25) is 9.59 Å². The maximum Gasteiger partial charge on any atom is 0.326 e. The number of rotatable bonds is 6. The van der Waals surface area contributed by atoms with Crippen LogP contribution in [0.15, 0.2) is 46.3 Å². The first-order chi connectivity index (χ1) is 16.7. The number of nitrogens with zero attached hydrogens (tertiary/aromatic N) is 3. The van der Waals surface area contributed by atoms with E-state index in [4.69, 9.17) is 4.74 Å². The van der Waals surface area contributed by atoms with E-state index in [0.29, 0.717) is 17.9 Å². The molecule has 8 nitrogen and oxygen atoms in total. The molecule has 1 aliphatic heterocycles. The number of aromatic nitrogens is 1. The summed E-state index contributed by atoms with van der Waals surface area (Å²) < 4.78 is 35.0. The van der Waals surface area contributed by atoms with Crippen molar-refractivity contribution in [2.45, 2.75) is 51.5 Å². The number of fused-ring (bicyclic) bond motifs is 1. The molecule has 0 radical (unpaired) electrons. The molecule has 0 aliphatic carbocycles. The number of benzene rings is 2. The number of thiazole rings is 1. The molecule has 0 N–H and O–H groups in total. The van der Waals surface area contributed by atoms with E-state index in [0.717, 1.165) is 40.6 Å². The van der Waals surface area contributed by atoms with Gasteiger partial charge in [-0.2, -0.15) is 9.30 Å². The van der Waals surface area contributed by atoms with Gasteiger partial charge in [-0.05, 0) is 81.1 Å². The SMILES string of the molecule is CCOC(=O)Cn1c(=NC(=O)c2ccc(S(=O)(=O)N3CCCCC3)cc2)sc2cc(C)c(C)cc21. The monoisotopic (exact) mass is 515 g/mol. The Hall–Kier alpha value is -2.82. The van der Waals surface area contributed by atoms with Crippen LogP contribution in [0.1, 0.15) is 47.7 Å². The van der Waals surface area contributed by atoms with Crippen LogP contribution >= 0.6 is 11.3 Å². The summed E-state index contributed by atoms with van der Waals surface area (Å²) in [6.07, 6.45) is 2.75. The highest BCUT2D eigenvalue weighted by molar-refractivity contribution is 7.89. The maximum absolute atomic E-state index is 13.0. The highest BCUT2D eigenvalue weighted by Gasteiger charge is 2.26. The van der Waals surface area contributed by atoms with Gasteiger partial charge in [-0.1, -0.05) is 17.8 Å². The minimum Gasteiger partial charge on any atom is -0.465 e. The summed E-state index contributed by atoms with van der Waals surface area (Å²) in [7, 11) is -3.58. The van der Waals surface area contributed by atoms with Crippen LogP contribution < -0.4 is 4.80 Å². The Labute approximate surface area is 208 Å². The molecule has 10 heteroatoms. The molecule has 1 aliphatic rings. The fourth-order valence-corrected chi connectivity index (χ4v) is 6.70. The predicted molar refractivity (Wildman–Crippen MR) is 135 cm³/mol. The molecule has 4 rings (SSSR count). The first-order valence-corrected chi connectivity index (χ1v) is 13.9. The minimum atomic E-state index is -3.58. The van der Waals surface area contributed by atoms with Gasteiger partial charge >= 0.3 is 5.97 Å². The second kappa shape index (κ2) is 10.4. The van der Waals surface area contributed by atoms with Gasteiger partial charge < -0.3 is 9.30 Å². The number of carbonyl (C=O) groups is 2. The number of sulfonamides is 1. The lowest BCUT2D eigenvalue weighted by Gasteiger charge is -2.25. The van der Waals surface area contributed by atoms with Crippen LogP contribution in [0.3, 0.4) is 0 Å². The highest BCUT2D eigenvalue weighted by atomic mass is 32.2. The zero-order valence-electron chi connectivity index (χ0n) is 20.1. The molecule has 2 heterocycles. The molecule has 1 saturated heterocycles. The Balaban J connectivity index is 1.68. The summed E-state index contributed by atoms with van der Waals surface area (Å²) >= 11 is 1.32. The molecule has 0 spiro atoms. The predicted octanol–water partition coefficient (Wildman–Crippen LogP) is 3.80. The topological polar surface area (TPSA) is 98.0 Å². The van der Waals surface area contributed by atoms with Crippen molar-refractivity contribution >= 4 is 43.5 Å². The fourth-order valence-electron chi connectivity index (χ4n) is 4.07. The summed E-state index contributed by atoms with van der Waals surface area (Å²) in [5, 5.41) is 0. The molecule has 1 amide bonds. The van der Waals surface area contributed by atoms with Crippen LogP contribution in [0.25, 0.3) is 10.2 Å². The van der Waals surface area contributed by atoms with Crippen molar-refractivity contribution in [3.05, 3.63) is 57.9 Å². The van der Waals surface area contributed by atoms with Gasteiger partial charge in [-0.25, -0.2) is 8.42 Å². The molecule has 1 aromatic heterocycles. The van der Waals surface area contributed by atoms with E-state index in [-0.39, 0.29) is 23.6 Å². The lowest BCUT2D eigenvalue weighted by Crippen LogP contribution is -2.35. The van der Waals surface area contributed by atoms with Gasteiger partial charge in [0, 0.05) is 18.7 Å². The molecule has 0 atom stereocenters. The first-order valence-electron chi connectivity index (χ1n) is 11.7. The van der Waals surface area contributed by atoms with Crippen LogP contribution in [0.2, 0.25) is 0 Å². The van der Waals surface area contributed by atoms with Crippen molar-refractivity contribution in [3.8, 4) is 0 Å². The van der Waals surface area contributed by atoms with Gasteiger partial charge in [0.15, 0.2) is 4.80 Å². The zero-order valence-corrected chi connectivity index (χ0v) is 21.7. The molecule has 35 heavy (non-hydrogen) atoms. The third-order valence-electron chi connectivity index (χ3n) is 6.14. The van der Waals surface area contributed by atoms with E-state index in [9.17, 15) is 18.0 Å². The average molecular weight is 516 g/mol. The van der Waals surface area contributed by atoms with E-state index in [1.807, 2.05) is 26.0 Å². The molecule has 0 unspecified atom stereocenters. The highest BCUT2D eigenvalue weighted by Crippen LogP contribution is 2.23. The van der Waals surface area contributed by atoms with E-state index < -0.39 is 21.9 Å². The van der Waals surface area contributed by atoms with Crippen LogP contribution in [-0.2, 0) is 26.1 Å². The number of piperidine rings is 1. The molecule has 1 fully saturated rings. The summed E-state index contributed by atoms with van der Waals surface area (Å²) in [5.41, 5.74) is 3.25. The second-order valence-electron chi connectivity index (χ2n) is 8.59. The van der Waals surface area contributed by atoms with Crippen LogP contribution in [-0.4, -0.2) is 48.9 Å². The van der Waals surface area contributed by atoms with Crippen LogP contribution in [0.5, 0.6) is 0 Å². The van der Waals surface area contributed by atoms with Crippen molar-refractivity contribution in [1.29, 1.82) is 0 Å². The Morgan fingerprint density at radius 3 is 2.34 bits per heavy atom. The number of ether oxygens (including phenoxy) is 1. The Kier molecular flexibility index (Phi) is 7.53. The molecule has 2 aromatic carbocycles. The summed E-state index contributed by atoms with van der Waals surface area (Å²) in [6, 6.07) is 9.87. The zero-order chi connectivity index (χ0) is 25.2. The third kappa shape index (κ3) is 5.39. The van der Waals surface area contributed by atoms with Crippen molar-refractivity contribution in [2.75, 3.05) is 19.7 Å². The fraction of sp³-hybridized carbons (Fsp3) is 0.400. The first kappa shape index (κ1) is 25.3. The summed E-state index contributed by atoms with van der Waals surface area (Å²) in [6.45, 7) is 6.97. The summed E-state index contributed by atoms with van der Waals surface area (Å²) in [5.74, 6) is -0.920. The average Bonchev–Trinajstić information content (AvgIpc) is 3.15. The van der Waals surface area contributed by atoms with E-state index in [1.54, 1.807) is 11.5 Å². The Morgan fingerprint density at radius 2 is 1.69 bits per heavy atom. The second-order valence-corrected chi connectivity index (χ2v) is 11.5. The number of aryl methyl sites for hydroxylation is 2. The van der Waals surface area contributed by atoms with Gasteiger partial charge in [0.1, 0.15) is 6.54 Å². The van der Waals surface area contributed by atoms with Gasteiger partial charge in [0.2, 0.25) is 10.0 Å². The Morgan fingerprint density at radius 1 is 1.03 bits per heavy atom. The number of esters is 1. The largest absolute Gasteiger partial charge is 0.465 e. The molecular formula is C25H29N3O5S2. The van der Waals surface area contributed by atoms with Crippen LogP contribution in [0, 0.1) is 13.8 Å². The number of carbonyl (C=O) groups excluding carboxylic acids is 2. The number of hydrogen-bond donors (Lipinski definition) is 0. The molecule has 0 saturated carbocycles. The van der Waals surface area contributed by atoms with Crippen molar-refractivity contribution in [3.63, 3.8) is 0 Å². The van der Waals surface area contributed by atoms with Crippen molar-refractivity contribution in [2.24, 2.45) is 4.99 Å². The minimum absolute atomic E-state index is 0.0600. The van der Waals surface area contributed by atoms with E-state index >= 15 is 0 Å². The smallest absolute Gasteiger partial charge is 0.326 e. The normalized spacial score (nSPS) is 15.5. The quantitative estimate of drug-likeness (QED) is 0.465. The van der Waals surface area contributed by atoms with Gasteiger partial charge in [0.25, 0.3) is 5.91 Å². The van der Waals surface area contributed by atoms with Crippen LogP contribution in [0.4, 0.5) is 0 Å². The molecule has 186 valence electrons. The number of hydrogen-bond acceptors (Lipinski definition) is 6. The summed E-state index contributed by atoms with van der Waals surface area (Å²) in [4.78, 5) is 30.1. The Bertz CT molecular complexity index is 1430. The van der Waals surface area contributed by atoms with E-state index in [2.05, 4.69) is 4.99 Å². The lowest BCUT2D eigenvalue weighted by molar-refractivity contribution is -0.143. The molecular weight excluding hydrogens is 486 g/mol. The molecule has 0 bridgehead atoms. The van der Waals surface area contributed by atoms with Gasteiger partial charge in [-0.15, -0.1) is 0 Å². The third-order valence-corrected chi connectivity index (χ3v) is 9.10. The van der Waals surface area contributed by atoms with Crippen molar-refractivity contribution in [1.82, 2.24) is 8.87 Å². The molecule has 3 aromatic rings. The van der Waals surface area contributed by atoms with E-state index in [1.165, 1.54) is 39.9 Å². The standard InChI is InChI=1S/C25H29N3O5S2/c1-4-33-23(29)16-28-21-14-17(2)18(3)15-22(21)34-25(28)26-24(30)19-8-10-20(11-9-19)35(31,32)27-12-6-5-7-13-27/h8-11,14-15H,4-7,12-13,16H2,1-3H3. The van der Waals surface area contributed by atoms with Gasteiger partial charge in [0.05, 0.1) is 21.7 Å².